The summed E-state index contributed by atoms with van der Waals surface area (Å²) in [4.78, 5) is 38.9. The van der Waals surface area contributed by atoms with Crippen molar-refractivity contribution in [1.29, 1.82) is 0 Å². The molecule has 1 N–H and O–H groups in total. The van der Waals surface area contributed by atoms with Crippen molar-refractivity contribution in [2.45, 2.75) is 51.0 Å². The Morgan fingerprint density at radius 2 is 2.00 bits per heavy atom. The van der Waals surface area contributed by atoms with Crippen LogP contribution in [-0.4, -0.2) is 41.5 Å². The van der Waals surface area contributed by atoms with Crippen LogP contribution < -0.4 is 5.32 Å². The number of rotatable bonds is 8. The first-order valence-electron chi connectivity index (χ1n) is 13.0. The van der Waals surface area contributed by atoms with Crippen LogP contribution in [0.5, 0.6) is 0 Å². The second-order valence-corrected chi connectivity index (χ2v) is 11.3. The van der Waals surface area contributed by atoms with E-state index in [1.807, 2.05) is 5.38 Å². The van der Waals surface area contributed by atoms with Crippen LogP contribution in [0.1, 0.15) is 66.7 Å². The number of nitrogens with one attached hydrogen (secondary N) is 1. The maximum Gasteiger partial charge on any atom is 0.338 e. The Balaban J connectivity index is 1.43. The smallest absolute Gasteiger partial charge is 0.338 e. The highest BCUT2D eigenvalue weighted by Gasteiger charge is 2.38. The van der Waals surface area contributed by atoms with Crippen LogP contribution in [0, 0.1) is 11.7 Å². The highest BCUT2D eigenvalue weighted by molar-refractivity contribution is 9.10. The molecule has 1 unspecified atom stereocenters. The maximum absolute atomic E-state index is 14.0. The fraction of sp³-hybridized carbons (Fsp3) is 0.393. The van der Waals surface area contributed by atoms with E-state index in [9.17, 15) is 14.0 Å². The number of oxazole rings is 1. The first kappa shape index (κ1) is 28.2. The summed E-state index contributed by atoms with van der Waals surface area (Å²) in [6, 6.07) is 3.63. The van der Waals surface area contributed by atoms with E-state index in [2.05, 4.69) is 31.2 Å². The van der Waals surface area contributed by atoms with Gasteiger partial charge >= 0.3 is 11.9 Å². The molecule has 0 radical (unpaired) electrons. The third-order valence-corrected chi connectivity index (χ3v) is 8.52. The zero-order chi connectivity index (χ0) is 28.2. The lowest BCUT2D eigenvalue weighted by atomic mass is 9.78. The summed E-state index contributed by atoms with van der Waals surface area (Å²) in [5.41, 5.74) is 2.34. The van der Waals surface area contributed by atoms with Crippen LogP contribution in [0.2, 0.25) is 0 Å². The molecule has 9 nitrogen and oxygen atoms in total. The molecular formula is C28H28BrFN4O5S. The minimum absolute atomic E-state index is 0.00602. The summed E-state index contributed by atoms with van der Waals surface area (Å²) in [7, 11) is 1.34. The van der Waals surface area contributed by atoms with Crippen molar-refractivity contribution in [1.82, 2.24) is 15.3 Å². The molecule has 1 saturated carbocycles. The number of aliphatic imine (C=N–C) groups is 1. The van der Waals surface area contributed by atoms with Crippen molar-refractivity contribution in [2.24, 2.45) is 10.9 Å². The second-order valence-electron chi connectivity index (χ2n) is 9.53. The zero-order valence-electron chi connectivity index (χ0n) is 22.0. The number of carbonyl (C=O) groups is 2. The summed E-state index contributed by atoms with van der Waals surface area (Å²) in [5.74, 6) is 0.0271. The Hall–Kier alpha value is -3.38. The molecule has 0 bridgehead atoms. The number of halogens is 2. The molecule has 210 valence electrons. The Bertz CT molecular complexity index is 1450. The zero-order valence-corrected chi connectivity index (χ0v) is 24.4. The van der Waals surface area contributed by atoms with E-state index in [-0.39, 0.29) is 24.2 Å². The van der Waals surface area contributed by atoms with Gasteiger partial charge in [-0.25, -0.2) is 19.2 Å². The van der Waals surface area contributed by atoms with E-state index in [0.717, 1.165) is 31.4 Å². The van der Waals surface area contributed by atoms with Crippen LogP contribution in [-0.2, 0) is 25.5 Å². The Labute approximate surface area is 243 Å². The van der Waals surface area contributed by atoms with Gasteiger partial charge in [-0.2, -0.15) is 0 Å². The van der Waals surface area contributed by atoms with Gasteiger partial charge in [0.2, 0.25) is 0 Å². The first-order chi connectivity index (χ1) is 19.4. The topological polar surface area (TPSA) is 116 Å². The maximum atomic E-state index is 14.0. The summed E-state index contributed by atoms with van der Waals surface area (Å²) in [5, 5.41) is 5.96. The van der Waals surface area contributed by atoms with Crippen LogP contribution in [0.3, 0.4) is 0 Å². The van der Waals surface area contributed by atoms with Gasteiger partial charge in [0.25, 0.3) is 0 Å². The third-order valence-electron chi connectivity index (χ3n) is 7.06. The summed E-state index contributed by atoms with van der Waals surface area (Å²) in [6.07, 6.45) is 6.35. The standard InChI is InChI=1S/C28H28BrFN4O5S/c1-3-38-21(35)13-18-14-39-26(32-18)16-6-4-15(5-7-16)23-22(28(36)37-2)24(19-9-8-17(30)12-20(19)29)34-25(33-23)27-31-10-11-40-27/h8-12,14-16,24H,3-7,13H2,1-2H3,(H,33,34)/t15-,16-,24?. The number of thiazole rings is 1. The molecule has 0 amide bonds. The van der Waals surface area contributed by atoms with Crippen molar-refractivity contribution in [3.63, 3.8) is 0 Å². The number of allylic oxidation sites excluding steroid dienone is 1. The van der Waals surface area contributed by atoms with Gasteiger partial charge < -0.3 is 19.2 Å². The molecule has 3 heterocycles. The minimum atomic E-state index is -0.715. The average molecular weight is 632 g/mol. The van der Waals surface area contributed by atoms with Gasteiger partial charge in [0, 0.05) is 27.7 Å². The van der Waals surface area contributed by atoms with E-state index in [1.165, 1.54) is 36.8 Å². The number of carbonyl (C=O) groups excluding carboxylic acids is 2. The molecule has 0 saturated heterocycles. The van der Waals surface area contributed by atoms with Crippen LogP contribution in [0.25, 0.3) is 0 Å². The summed E-state index contributed by atoms with van der Waals surface area (Å²) < 4.78 is 30.4. The lowest BCUT2D eigenvalue weighted by molar-refractivity contribution is -0.142. The van der Waals surface area contributed by atoms with Crippen molar-refractivity contribution < 1.29 is 27.9 Å². The largest absolute Gasteiger partial charge is 0.466 e. The Morgan fingerprint density at radius 1 is 1.23 bits per heavy atom. The number of benzene rings is 1. The number of nitrogens with zero attached hydrogens (tertiary/aromatic N) is 3. The molecule has 40 heavy (non-hydrogen) atoms. The van der Waals surface area contributed by atoms with E-state index in [1.54, 1.807) is 19.2 Å². The normalized spacial score (nSPS) is 21.0. The highest BCUT2D eigenvalue weighted by Crippen LogP contribution is 2.43. The molecule has 1 aromatic carbocycles. The quantitative estimate of drug-likeness (QED) is 0.318. The van der Waals surface area contributed by atoms with Gasteiger partial charge in [0.15, 0.2) is 16.7 Å². The monoisotopic (exact) mass is 630 g/mol. The Morgan fingerprint density at radius 3 is 2.67 bits per heavy atom. The molecule has 3 aromatic rings. The fourth-order valence-electron chi connectivity index (χ4n) is 5.20. The van der Waals surface area contributed by atoms with Crippen molar-refractivity contribution in [3.8, 4) is 0 Å². The molecule has 12 heteroatoms. The minimum Gasteiger partial charge on any atom is -0.466 e. The highest BCUT2D eigenvalue weighted by atomic mass is 79.9. The number of aromatic nitrogens is 2. The van der Waals surface area contributed by atoms with Gasteiger partial charge in [0.1, 0.15) is 18.1 Å². The first-order valence-corrected chi connectivity index (χ1v) is 14.7. The van der Waals surface area contributed by atoms with Crippen LogP contribution in [0.4, 0.5) is 4.39 Å². The number of hydrogen-bond donors (Lipinski definition) is 1. The van der Waals surface area contributed by atoms with Crippen molar-refractivity contribution >= 4 is 45.0 Å². The summed E-state index contributed by atoms with van der Waals surface area (Å²) >= 11 is 4.90. The Kier molecular flexibility index (Phi) is 8.75. The van der Waals surface area contributed by atoms with Crippen LogP contribution in [0.15, 0.2) is 61.2 Å². The molecule has 1 fully saturated rings. The number of hydrogen-bond acceptors (Lipinski definition) is 10. The van der Waals surface area contributed by atoms with Gasteiger partial charge in [-0.1, -0.05) is 22.0 Å². The average Bonchev–Trinajstić information content (AvgIpc) is 3.65. The number of amidine groups is 1. The lowest BCUT2D eigenvalue weighted by Gasteiger charge is -2.34. The number of esters is 2. The van der Waals surface area contributed by atoms with Gasteiger partial charge in [0.05, 0.1) is 31.4 Å². The molecule has 1 aliphatic heterocycles. The number of methoxy groups -OCH3 is 1. The van der Waals surface area contributed by atoms with E-state index in [0.29, 0.717) is 44.6 Å². The fourth-order valence-corrected chi connectivity index (χ4v) is 6.35. The van der Waals surface area contributed by atoms with Gasteiger partial charge in [-0.3, -0.25) is 9.79 Å². The predicted molar refractivity (Wildman–Crippen MR) is 149 cm³/mol. The van der Waals surface area contributed by atoms with E-state index in [4.69, 9.17) is 18.9 Å². The molecular weight excluding hydrogens is 603 g/mol. The number of ether oxygens (including phenoxy) is 2. The predicted octanol–water partition coefficient (Wildman–Crippen LogP) is 5.63. The molecule has 5 rings (SSSR count). The lowest BCUT2D eigenvalue weighted by Crippen LogP contribution is -2.37. The van der Waals surface area contributed by atoms with Gasteiger partial charge in [-0.15, -0.1) is 11.3 Å². The van der Waals surface area contributed by atoms with Crippen molar-refractivity contribution in [3.05, 3.63) is 79.8 Å². The summed E-state index contributed by atoms with van der Waals surface area (Å²) in [6.45, 7) is 2.08. The van der Waals surface area contributed by atoms with Crippen molar-refractivity contribution in [2.75, 3.05) is 13.7 Å². The molecule has 1 atom stereocenters. The molecule has 0 spiro atoms. The third kappa shape index (κ3) is 6.02. The van der Waals surface area contributed by atoms with E-state index >= 15 is 0 Å². The van der Waals surface area contributed by atoms with E-state index < -0.39 is 17.8 Å². The van der Waals surface area contributed by atoms with Gasteiger partial charge in [-0.05, 0) is 56.2 Å². The molecule has 2 aromatic heterocycles. The SMILES string of the molecule is CCOC(=O)Cc1coc([C@H]2CC[C@H](C3=C(C(=O)OC)C(c4ccc(F)cc4Br)N=C(c4nccs4)N3)CC2)n1. The van der Waals surface area contributed by atoms with Crippen LogP contribution >= 0.6 is 27.3 Å². The molecule has 1 aliphatic carbocycles. The molecule has 2 aliphatic rings. The second kappa shape index (κ2) is 12.4.